The van der Waals surface area contributed by atoms with Crippen molar-refractivity contribution in [3.63, 3.8) is 0 Å². The highest BCUT2D eigenvalue weighted by Crippen LogP contribution is 2.43. The minimum atomic E-state index is -0.723. The first-order valence-electron chi connectivity index (χ1n) is 10.0. The van der Waals surface area contributed by atoms with Gasteiger partial charge in [-0.1, -0.05) is 48.5 Å². The fourth-order valence-corrected chi connectivity index (χ4v) is 4.51. The highest BCUT2D eigenvalue weighted by Gasteiger charge is 2.44. The van der Waals surface area contributed by atoms with Crippen molar-refractivity contribution in [1.82, 2.24) is 4.40 Å². The lowest BCUT2D eigenvalue weighted by Gasteiger charge is -2.14. The summed E-state index contributed by atoms with van der Waals surface area (Å²) in [6.07, 6.45) is 2.19. The van der Waals surface area contributed by atoms with Crippen LogP contribution in [-0.2, 0) is 9.59 Å². The largest absolute Gasteiger partial charge is 0.497 e. The van der Waals surface area contributed by atoms with Crippen molar-refractivity contribution in [2.45, 2.75) is 18.3 Å². The van der Waals surface area contributed by atoms with Gasteiger partial charge >= 0.3 is 0 Å². The van der Waals surface area contributed by atoms with E-state index < -0.39 is 11.8 Å². The Kier molecular flexibility index (Phi) is 4.47. The van der Waals surface area contributed by atoms with E-state index in [-0.39, 0.29) is 18.0 Å². The van der Waals surface area contributed by atoms with E-state index in [9.17, 15) is 9.59 Å². The molecule has 1 aliphatic carbocycles. The van der Waals surface area contributed by atoms with Crippen LogP contribution in [-0.4, -0.2) is 23.1 Å². The Hall–Kier alpha value is -3.66. The molecule has 1 aliphatic rings. The molecule has 2 aromatic carbocycles. The lowest BCUT2D eigenvalue weighted by atomic mass is 9.91. The molecule has 4 aromatic rings. The van der Waals surface area contributed by atoms with Crippen molar-refractivity contribution in [2.75, 3.05) is 7.11 Å². The predicted octanol–water partition coefficient (Wildman–Crippen LogP) is 5.02. The molecular weight excluding hydrogens is 374 g/mol. The molecule has 4 heteroatoms. The fourth-order valence-electron chi connectivity index (χ4n) is 4.51. The zero-order chi connectivity index (χ0) is 20.7. The van der Waals surface area contributed by atoms with Gasteiger partial charge in [-0.15, -0.1) is 0 Å². The summed E-state index contributed by atoms with van der Waals surface area (Å²) < 4.78 is 7.26. The molecule has 5 rings (SSSR count). The molecule has 0 radical (unpaired) electrons. The minimum absolute atomic E-state index is 0.0277. The van der Waals surface area contributed by atoms with Gasteiger partial charge in [0.1, 0.15) is 17.5 Å². The quantitative estimate of drug-likeness (QED) is 0.456. The highest BCUT2D eigenvalue weighted by atomic mass is 16.5. The van der Waals surface area contributed by atoms with Crippen LogP contribution < -0.4 is 4.74 Å². The number of carbonyl (C=O) groups excluding carboxylic acids is 2. The summed E-state index contributed by atoms with van der Waals surface area (Å²) in [5, 5.41) is 0. The maximum Gasteiger partial charge on any atom is 0.157 e. The smallest absolute Gasteiger partial charge is 0.157 e. The Morgan fingerprint density at radius 1 is 0.900 bits per heavy atom. The van der Waals surface area contributed by atoms with Gasteiger partial charge in [-0.05, 0) is 41.5 Å². The molecule has 0 amide bonds. The first kappa shape index (κ1) is 18.4. The van der Waals surface area contributed by atoms with E-state index in [1.54, 1.807) is 19.2 Å². The summed E-state index contributed by atoms with van der Waals surface area (Å²) in [5.74, 6) is -0.549. The lowest BCUT2D eigenvalue weighted by Crippen LogP contribution is -2.15. The van der Waals surface area contributed by atoms with Crippen molar-refractivity contribution < 1.29 is 14.3 Å². The minimum Gasteiger partial charge on any atom is -0.497 e. The molecular formula is C26H21NO3. The van der Waals surface area contributed by atoms with Crippen molar-refractivity contribution in [3.05, 3.63) is 96.3 Å². The van der Waals surface area contributed by atoms with Gasteiger partial charge in [0.15, 0.2) is 5.78 Å². The number of nitrogens with zero attached hydrogens (tertiary/aromatic N) is 1. The molecule has 1 fully saturated rings. The number of hydrogen-bond acceptors (Lipinski definition) is 3. The number of methoxy groups -OCH3 is 1. The summed E-state index contributed by atoms with van der Waals surface area (Å²) >= 11 is 0. The molecule has 1 saturated carbocycles. The molecule has 148 valence electrons. The van der Waals surface area contributed by atoms with Crippen LogP contribution in [0.25, 0.3) is 16.6 Å². The number of Topliss-reactive ketones (excluding diaryl/α,β-unsaturated/α-hetero) is 2. The molecule has 2 aromatic heterocycles. The van der Waals surface area contributed by atoms with E-state index in [2.05, 4.69) is 10.5 Å². The topological polar surface area (TPSA) is 47.8 Å². The van der Waals surface area contributed by atoms with Crippen LogP contribution in [0.15, 0.2) is 85.1 Å². The number of rotatable bonds is 4. The summed E-state index contributed by atoms with van der Waals surface area (Å²) in [6, 6.07) is 25.3. The number of aromatic nitrogens is 1. The van der Waals surface area contributed by atoms with E-state index in [1.165, 1.54) is 0 Å². The van der Waals surface area contributed by atoms with Crippen molar-refractivity contribution >= 4 is 17.1 Å². The zero-order valence-electron chi connectivity index (χ0n) is 16.6. The molecule has 0 unspecified atom stereocenters. The number of benzene rings is 2. The Morgan fingerprint density at radius 2 is 1.63 bits per heavy atom. The fraction of sp³-hybridized carbons (Fsp3) is 0.154. The highest BCUT2D eigenvalue weighted by molar-refractivity contribution is 6.17. The first-order chi connectivity index (χ1) is 14.7. The monoisotopic (exact) mass is 395 g/mol. The Labute approximate surface area is 174 Å². The van der Waals surface area contributed by atoms with Crippen LogP contribution in [0.3, 0.4) is 0 Å². The number of pyridine rings is 1. The van der Waals surface area contributed by atoms with E-state index >= 15 is 0 Å². The van der Waals surface area contributed by atoms with Gasteiger partial charge in [0.2, 0.25) is 0 Å². The van der Waals surface area contributed by atoms with Gasteiger partial charge in [0.25, 0.3) is 0 Å². The summed E-state index contributed by atoms with van der Waals surface area (Å²) in [6.45, 7) is 0. The Bertz CT molecular complexity index is 1240. The molecule has 30 heavy (non-hydrogen) atoms. The lowest BCUT2D eigenvalue weighted by molar-refractivity contribution is -0.124. The van der Waals surface area contributed by atoms with Crippen LogP contribution in [0.1, 0.15) is 29.5 Å². The molecule has 0 saturated heterocycles. The molecule has 2 atom stereocenters. The zero-order valence-corrected chi connectivity index (χ0v) is 16.6. The SMILES string of the molecule is COc1ccc([C@@H]2C(=O)C[C@H](c3c(-c4ccccc4)cc4ccccn34)C2=O)cc1. The summed E-state index contributed by atoms with van der Waals surface area (Å²) in [7, 11) is 1.60. The van der Waals surface area contributed by atoms with Gasteiger partial charge in [-0.2, -0.15) is 0 Å². The molecule has 0 bridgehead atoms. The summed E-state index contributed by atoms with van der Waals surface area (Å²) in [5.41, 5.74) is 4.69. The van der Waals surface area contributed by atoms with E-state index in [4.69, 9.17) is 4.74 Å². The van der Waals surface area contributed by atoms with Gasteiger partial charge < -0.3 is 9.14 Å². The van der Waals surface area contributed by atoms with Crippen LogP contribution in [0.4, 0.5) is 0 Å². The van der Waals surface area contributed by atoms with Crippen molar-refractivity contribution in [1.29, 1.82) is 0 Å². The third-order valence-electron chi connectivity index (χ3n) is 5.94. The standard InChI is InChI=1S/C26H21NO3/c1-30-20-12-10-18(11-13-20)24-23(28)16-22(26(24)29)25-21(17-7-3-2-4-8-17)15-19-9-5-6-14-27(19)25/h2-15,22,24H,16H2,1H3/t22-,24-/m1/s1. The van der Waals surface area contributed by atoms with E-state index in [1.807, 2.05) is 66.9 Å². The second-order valence-corrected chi connectivity index (χ2v) is 7.64. The summed E-state index contributed by atoms with van der Waals surface area (Å²) in [4.78, 5) is 26.5. The molecule has 2 heterocycles. The van der Waals surface area contributed by atoms with Crippen molar-refractivity contribution in [3.8, 4) is 16.9 Å². The maximum absolute atomic E-state index is 13.5. The number of fused-ring (bicyclic) bond motifs is 1. The average molecular weight is 395 g/mol. The number of ether oxygens (including phenoxy) is 1. The molecule has 0 aliphatic heterocycles. The predicted molar refractivity (Wildman–Crippen MR) is 116 cm³/mol. The Morgan fingerprint density at radius 3 is 2.37 bits per heavy atom. The van der Waals surface area contributed by atoms with Gasteiger partial charge in [-0.3, -0.25) is 9.59 Å². The van der Waals surface area contributed by atoms with Crippen LogP contribution >= 0.6 is 0 Å². The normalized spacial score (nSPS) is 18.8. The second kappa shape index (κ2) is 7.30. The third-order valence-corrected chi connectivity index (χ3v) is 5.94. The van der Waals surface area contributed by atoms with Crippen LogP contribution in [0.5, 0.6) is 5.75 Å². The van der Waals surface area contributed by atoms with E-state index in [0.29, 0.717) is 5.75 Å². The van der Waals surface area contributed by atoms with Crippen LogP contribution in [0, 0.1) is 0 Å². The van der Waals surface area contributed by atoms with Gasteiger partial charge in [-0.25, -0.2) is 0 Å². The number of hydrogen-bond donors (Lipinski definition) is 0. The van der Waals surface area contributed by atoms with E-state index in [0.717, 1.165) is 27.9 Å². The van der Waals surface area contributed by atoms with Crippen LogP contribution in [0.2, 0.25) is 0 Å². The van der Waals surface area contributed by atoms with Gasteiger partial charge in [0.05, 0.1) is 13.0 Å². The number of carbonyl (C=O) groups is 2. The first-order valence-corrected chi connectivity index (χ1v) is 10.0. The second-order valence-electron chi connectivity index (χ2n) is 7.64. The number of ketones is 2. The molecule has 4 nitrogen and oxygen atoms in total. The van der Waals surface area contributed by atoms with Gasteiger partial charge in [0, 0.05) is 29.4 Å². The molecule has 0 spiro atoms. The Balaban J connectivity index is 1.62. The average Bonchev–Trinajstić information content (AvgIpc) is 3.31. The third kappa shape index (κ3) is 2.92. The molecule has 0 N–H and O–H groups in total. The van der Waals surface area contributed by atoms with Crippen molar-refractivity contribution in [2.24, 2.45) is 0 Å². The maximum atomic E-state index is 13.5.